The summed E-state index contributed by atoms with van der Waals surface area (Å²) in [5.74, 6) is 0.324. The molecular formula is C14H19NO3. The van der Waals surface area contributed by atoms with Crippen molar-refractivity contribution in [1.29, 1.82) is 0 Å². The molecule has 0 aliphatic heterocycles. The van der Waals surface area contributed by atoms with Gasteiger partial charge < -0.3 is 15.2 Å². The van der Waals surface area contributed by atoms with Gasteiger partial charge in [-0.15, -0.1) is 0 Å². The highest BCUT2D eigenvalue weighted by molar-refractivity contribution is 5.97. The van der Waals surface area contributed by atoms with Crippen LogP contribution in [0.3, 0.4) is 0 Å². The maximum Gasteiger partial charge on any atom is 0.254 e. The Morgan fingerprint density at radius 1 is 1.33 bits per heavy atom. The molecule has 0 radical (unpaired) electrons. The van der Waals surface area contributed by atoms with Gasteiger partial charge in [-0.2, -0.15) is 0 Å². The molecule has 0 bridgehead atoms. The summed E-state index contributed by atoms with van der Waals surface area (Å²) in [5.41, 5.74) is 0.255. The van der Waals surface area contributed by atoms with Crippen LogP contribution in [-0.2, 0) is 0 Å². The number of nitrogens with one attached hydrogen (secondary N) is 1. The first-order chi connectivity index (χ1) is 8.70. The van der Waals surface area contributed by atoms with E-state index in [1.807, 2.05) is 0 Å². The number of carbonyl (C=O) groups is 1. The average Bonchev–Trinajstić information content (AvgIpc) is 2.41. The van der Waals surface area contributed by atoms with Crippen molar-refractivity contribution in [3.05, 3.63) is 23.8 Å². The van der Waals surface area contributed by atoms with Gasteiger partial charge in [0.25, 0.3) is 5.91 Å². The van der Waals surface area contributed by atoms with Crippen LogP contribution < -0.4 is 10.1 Å². The molecule has 0 unspecified atom stereocenters. The molecule has 1 amide bonds. The summed E-state index contributed by atoms with van der Waals surface area (Å²) in [4.78, 5) is 11.6. The first-order valence-corrected chi connectivity index (χ1v) is 6.42. The van der Waals surface area contributed by atoms with Crippen molar-refractivity contribution in [1.82, 2.24) is 5.32 Å². The molecule has 1 aliphatic carbocycles. The summed E-state index contributed by atoms with van der Waals surface area (Å²) in [6.07, 6.45) is 6.04. The number of rotatable bonds is 3. The molecule has 18 heavy (non-hydrogen) atoms. The first-order valence-electron chi connectivity index (χ1n) is 6.42. The van der Waals surface area contributed by atoms with E-state index < -0.39 is 0 Å². The van der Waals surface area contributed by atoms with E-state index in [9.17, 15) is 9.90 Å². The van der Waals surface area contributed by atoms with Crippen LogP contribution in [0.1, 0.15) is 42.5 Å². The number of benzene rings is 1. The van der Waals surface area contributed by atoms with Crippen LogP contribution in [0.4, 0.5) is 0 Å². The van der Waals surface area contributed by atoms with E-state index in [0.717, 1.165) is 12.8 Å². The summed E-state index contributed by atoms with van der Waals surface area (Å²) >= 11 is 0. The van der Waals surface area contributed by atoms with Gasteiger partial charge in [0.2, 0.25) is 0 Å². The predicted molar refractivity (Wildman–Crippen MR) is 69.0 cm³/mol. The summed E-state index contributed by atoms with van der Waals surface area (Å²) in [6, 6.07) is 4.81. The van der Waals surface area contributed by atoms with Crippen molar-refractivity contribution in [3.8, 4) is 11.5 Å². The third kappa shape index (κ3) is 2.94. The van der Waals surface area contributed by atoms with Crippen LogP contribution in [0.15, 0.2) is 18.2 Å². The van der Waals surface area contributed by atoms with Crippen LogP contribution in [0.5, 0.6) is 11.5 Å². The molecule has 1 aliphatic rings. The van der Waals surface area contributed by atoms with E-state index in [4.69, 9.17) is 4.74 Å². The summed E-state index contributed by atoms with van der Waals surface area (Å²) in [7, 11) is 1.54. The van der Waals surface area contributed by atoms with E-state index in [1.165, 1.54) is 32.4 Å². The Bertz CT molecular complexity index is 425. The van der Waals surface area contributed by atoms with Crippen LogP contribution in [0, 0.1) is 0 Å². The minimum Gasteiger partial charge on any atom is -0.507 e. The van der Waals surface area contributed by atoms with Gasteiger partial charge in [0.05, 0.1) is 11.7 Å². The van der Waals surface area contributed by atoms with Crippen LogP contribution >= 0.6 is 0 Å². The van der Waals surface area contributed by atoms with Gasteiger partial charge in [-0.3, -0.25) is 4.79 Å². The number of ether oxygens (including phenoxy) is 1. The van der Waals surface area contributed by atoms with Crippen molar-refractivity contribution >= 4 is 5.91 Å². The summed E-state index contributed by atoms with van der Waals surface area (Å²) in [5, 5.41) is 12.1. The van der Waals surface area contributed by atoms with E-state index >= 15 is 0 Å². The monoisotopic (exact) mass is 249 g/mol. The number of phenols is 1. The Balaban J connectivity index is 2.11. The Labute approximate surface area is 107 Å². The molecule has 0 aromatic heterocycles. The molecule has 1 saturated carbocycles. The maximum atomic E-state index is 11.6. The molecule has 2 N–H and O–H groups in total. The average molecular weight is 249 g/mol. The van der Waals surface area contributed by atoms with Gasteiger partial charge >= 0.3 is 0 Å². The fourth-order valence-corrected chi connectivity index (χ4v) is 2.28. The SMILES string of the molecule is CNC(=O)c1cc(OC2CCCCC2)ccc1O. The van der Waals surface area contributed by atoms with Crippen molar-refractivity contribution in [2.45, 2.75) is 38.2 Å². The summed E-state index contributed by atoms with van der Waals surface area (Å²) in [6.45, 7) is 0. The van der Waals surface area contributed by atoms with E-state index in [2.05, 4.69) is 5.32 Å². The van der Waals surface area contributed by atoms with Gasteiger partial charge in [-0.05, 0) is 43.9 Å². The zero-order valence-electron chi connectivity index (χ0n) is 10.6. The van der Waals surface area contributed by atoms with Gasteiger partial charge in [-0.1, -0.05) is 6.42 Å². The molecule has 1 fully saturated rings. The van der Waals surface area contributed by atoms with E-state index in [-0.39, 0.29) is 23.3 Å². The largest absolute Gasteiger partial charge is 0.507 e. The van der Waals surface area contributed by atoms with Gasteiger partial charge in [-0.25, -0.2) is 0 Å². The highest BCUT2D eigenvalue weighted by Crippen LogP contribution is 2.27. The lowest BCUT2D eigenvalue weighted by atomic mass is 9.98. The second-order valence-electron chi connectivity index (χ2n) is 4.64. The second-order valence-corrected chi connectivity index (χ2v) is 4.64. The standard InChI is InChI=1S/C14H19NO3/c1-15-14(17)12-9-11(7-8-13(12)16)18-10-5-3-2-4-6-10/h7-10,16H,2-6H2,1H3,(H,15,17). The molecule has 0 heterocycles. The second kappa shape index (κ2) is 5.76. The Hall–Kier alpha value is -1.71. The number of amides is 1. The van der Waals surface area contributed by atoms with Crippen molar-refractivity contribution < 1.29 is 14.6 Å². The molecule has 1 aromatic carbocycles. The smallest absolute Gasteiger partial charge is 0.254 e. The Kier molecular flexibility index (Phi) is 4.07. The fraction of sp³-hybridized carbons (Fsp3) is 0.500. The Morgan fingerprint density at radius 2 is 2.06 bits per heavy atom. The van der Waals surface area contributed by atoms with Crippen LogP contribution in [0.25, 0.3) is 0 Å². The zero-order valence-corrected chi connectivity index (χ0v) is 10.6. The number of phenolic OH excluding ortho intramolecular Hbond substituents is 1. The lowest BCUT2D eigenvalue weighted by molar-refractivity contribution is 0.0959. The minimum atomic E-state index is -0.304. The lowest BCUT2D eigenvalue weighted by Gasteiger charge is -2.23. The molecule has 4 nitrogen and oxygen atoms in total. The molecule has 0 spiro atoms. The quantitative estimate of drug-likeness (QED) is 0.865. The van der Waals surface area contributed by atoms with Crippen molar-refractivity contribution in [2.75, 3.05) is 7.05 Å². The molecule has 4 heteroatoms. The molecular weight excluding hydrogens is 230 g/mol. The molecule has 98 valence electrons. The fourth-order valence-electron chi connectivity index (χ4n) is 2.28. The zero-order chi connectivity index (χ0) is 13.0. The summed E-state index contributed by atoms with van der Waals surface area (Å²) < 4.78 is 5.85. The molecule has 0 saturated heterocycles. The topological polar surface area (TPSA) is 58.6 Å². The van der Waals surface area contributed by atoms with Gasteiger partial charge in [0.15, 0.2) is 0 Å². The van der Waals surface area contributed by atoms with Gasteiger partial charge in [0.1, 0.15) is 11.5 Å². The van der Waals surface area contributed by atoms with Crippen molar-refractivity contribution in [3.63, 3.8) is 0 Å². The highest BCUT2D eigenvalue weighted by Gasteiger charge is 2.16. The molecule has 0 atom stereocenters. The molecule has 2 rings (SSSR count). The van der Waals surface area contributed by atoms with Crippen LogP contribution in [0.2, 0.25) is 0 Å². The minimum absolute atomic E-state index is 0.0228. The maximum absolute atomic E-state index is 11.6. The van der Waals surface area contributed by atoms with Crippen LogP contribution in [-0.4, -0.2) is 24.2 Å². The number of hydrogen-bond acceptors (Lipinski definition) is 3. The number of hydrogen-bond donors (Lipinski definition) is 2. The van der Waals surface area contributed by atoms with E-state index in [0.29, 0.717) is 5.75 Å². The Morgan fingerprint density at radius 3 is 2.72 bits per heavy atom. The molecule has 1 aromatic rings. The lowest BCUT2D eigenvalue weighted by Crippen LogP contribution is -2.21. The highest BCUT2D eigenvalue weighted by atomic mass is 16.5. The third-order valence-electron chi connectivity index (χ3n) is 3.29. The first kappa shape index (κ1) is 12.7. The normalized spacial score (nSPS) is 16.3. The van der Waals surface area contributed by atoms with Gasteiger partial charge in [0, 0.05) is 7.05 Å². The predicted octanol–water partition coefficient (Wildman–Crippen LogP) is 2.46. The van der Waals surface area contributed by atoms with E-state index in [1.54, 1.807) is 12.1 Å². The number of carbonyl (C=O) groups excluding carboxylic acids is 1. The third-order valence-corrected chi connectivity index (χ3v) is 3.29. The van der Waals surface area contributed by atoms with Crippen molar-refractivity contribution in [2.24, 2.45) is 0 Å². The number of aromatic hydroxyl groups is 1.